The lowest BCUT2D eigenvalue weighted by atomic mass is 10.2. The summed E-state index contributed by atoms with van der Waals surface area (Å²) in [5, 5.41) is 2.84. The van der Waals surface area contributed by atoms with Crippen LogP contribution in [0.4, 0.5) is 5.69 Å². The summed E-state index contributed by atoms with van der Waals surface area (Å²) in [6.45, 7) is 4.84. The molecular weight excluding hydrogens is 450 g/mol. The number of fused-ring (bicyclic) bond motifs is 1. The maximum Gasteiger partial charge on any atom is 0.255 e. The van der Waals surface area contributed by atoms with Gasteiger partial charge in [-0.2, -0.15) is 4.31 Å². The minimum Gasteiger partial charge on any atom is -0.436 e. The summed E-state index contributed by atoms with van der Waals surface area (Å²) in [4.78, 5) is 17.4. The average Bonchev–Trinajstić information content (AvgIpc) is 3.29. The van der Waals surface area contributed by atoms with E-state index < -0.39 is 10.0 Å². The molecule has 0 saturated heterocycles. The second kappa shape index (κ2) is 10.2. The standard InChI is InChI=1S/C26H27N3O4S/c1-3-17-29(18-4-2)34(31,32)22-15-11-19(12-16-22)25(30)27-21-13-9-20(10-14-21)26-28-23-7-5-6-8-24(23)33-26/h5-16H,3-4,17-18H2,1-2H3,(H,27,30). The molecule has 34 heavy (non-hydrogen) atoms. The maximum atomic E-state index is 12.9. The Labute approximate surface area is 199 Å². The van der Waals surface area contributed by atoms with Gasteiger partial charge in [-0.25, -0.2) is 13.4 Å². The Kier molecular flexibility index (Phi) is 7.09. The van der Waals surface area contributed by atoms with Crippen LogP contribution in [0.2, 0.25) is 0 Å². The zero-order valence-corrected chi connectivity index (χ0v) is 20.0. The van der Waals surface area contributed by atoms with Crippen LogP contribution in [0.1, 0.15) is 37.0 Å². The normalized spacial score (nSPS) is 11.7. The molecule has 1 heterocycles. The number of carbonyl (C=O) groups is 1. The molecule has 176 valence electrons. The molecule has 0 unspecified atom stereocenters. The molecule has 1 N–H and O–H groups in total. The van der Waals surface area contributed by atoms with E-state index in [9.17, 15) is 13.2 Å². The van der Waals surface area contributed by atoms with Gasteiger partial charge in [0, 0.05) is 29.9 Å². The van der Waals surface area contributed by atoms with Crippen LogP contribution in [0.5, 0.6) is 0 Å². The number of amides is 1. The van der Waals surface area contributed by atoms with Crippen LogP contribution in [0.15, 0.2) is 82.1 Å². The van der Waals surface area contributed by atoms with Crippen LogP contribution in [0.25, 0.3) is 22.6 Å². The Balaban J connectivity index is 1.45. The first kappa shape index (κ1) is 23.7. The third kappa shape index (κ3) is 5.03. The van der Waals surface area contributed by atoms with Gasteiger partial charge in [-0.15, -0.1) is 0 Å². The smallest absolute Gasteiger partial charge is 0.255 e. The molecule has 0 radical (unpaired) electrons. The van der Waals surface area contributed by atoms with Crippen molar-refractivity contribution in [3.05, 3.63) is 78.4 Å². The van der Waals surface area contributed by atoms with Gasteiger partial charge in [0.1, 0.15) is 5.52 Å². The first-order valence-corrected chi connectivity index (χ1v) is 12.7. The lowest BCUT2D eigenvalue weighted by Crippen LogP contribution is -2.32. The molecule has 3 aromatic carbocycles. The van der Waals surface area contributed by atoms with E-state index in [-0.39, 0.29) is 10.8 Å². The van der Waals surface area contributed by atoms with Crippen LogP contribution in [0, 0.1) is 0 Å². The summed E-state index contributed by atoms with van der Waals surface area (Å²) in [5.41, 5.74) is 3.28. The number of hydrogen-bond acceptors (Lipinski definition) is 5. The predicted molar refractivity (Wildman–Crippen MR) is 133 cm³/mol. The quantitative estimate of drug-likeness (QED) is 0.341. The molecule has 1 amide bonds. The Morgan fingerprint density at radius 1 is 0.912 bits per heavy atom. The lowest BCUT2D eigenvalue weighted by Gasteiger charge is -2.21. The van der Waals surface area contributed by atoms with Crippen LogP contribution in [-0.4, -0.2) is 36.7 Å². The summed E-state index contributed by atoms with van der Waals surface area (Å²) in [7, 11) is -3.58. The number of oxazole rings is 1. The fraction of sp³-hybridized carbons (Fsp3) is 0.231. The largest absolute Gasteiger partial charge is 0.436 e. The molecule has 4 rings (SSSR count). The van der Waals surface area contributed by atoms with Crippen LogP contribution in [0.3, 0.4) is 0 Å². The average molecular weight is 478 g/mol. The van der Waals surface area contributed by atoms with Crippen molar-refractivity contribution in [3.8, 4) is 11.5 Å². The molecule has 0 fully saturated rings. The Hall–Kier alpha value is -3.49. The second-order valence-electron chi connectivity index (χ2n) is 7.95. The van der Waals surface area contributed by atoms with E-state index in [4.69, 9.17) is 4.42 Å². The highest BCUT2D eigenvalue weighted by molar-refractivity contribution is 7.89. The Morgan fingerprint density at radius 2 is 1.56 bits per heavy atom. The van der Waals surface area contributed by atoms with Gasteiger partial charge in [0.15, 0.2) is 5.58 Å². The van der Waals surface area contributed by atoms with Crippen molar-refractivity contribution < 1.29 is 17.6 Å². The van der Waals surface area contributed by atoms with Crippen molar-refractivity contribution in [1.29, 1.82) is 0 Å². The number of hydrogen-bond donors (Lipinski definition) is 1. The van der Waals surface area contributed by atoms with E-state index in [0.29, 0.717) is 35.8 Å². The van der Waals surface area contributed by atoms with Crippen LogP contribution in [-0.2, 0) is 10.0 Å². The molecule has 0 aliphatic rings. The highest BCUT2D eigenvalue weighted by Gasteiger charge is 2.23. The topological polar surface area (TPSA) is 92.5 Å². The molecule has 0 saturated carbocycles. The molecule has 8 heteroatoms. The van der Waals surface area contributed by atoms with Crippen molar-refractivity contribution in [3.63, 3.8) is 0 Å². The van der Waals surface area contributed by atoms with Gasteiger partial charge in [-0.05, 0) is 73.5 Å². The summed E-state index contributed by atoms with van der Waals surface area (Å²) < 4.78 is 33.1. The van der Waals surface area contributed by atoms with Gasteiger partial charge in [-0.1, -0.05) is 26.0 Å². The van der Waals surface area contributed by atoms with E-state index >= 15 is 0 Å². The van der Waals surface area contributed by atoms with Crippen molar-refractivity contribution in [2.75, 3.05) is 18.4 Å². The molecular formula is C26H27N3O4S. The van der Waals surface area contributed by atoms with Crippen molar-refractivity contribution in [1.82, 2.24) is 9.29 Å². The number of aromatic nitrogens is 1. The number of sulfonamides is 1. The SMILES string of the molecule is CCCN(CCC)S(=O)(=O)c1ccc(C(=O)Nc2ccc(-c3nc4ccccc4o3)cc2)cc1. The van der Waals surface area contributed by atoms with Gasteiger partial charge < -0.3 is 9.73 Å². The fourth-order valence-electron chi connectivity index (χ4n) is 3.67. The van der Waals surface area contributed by atoms with Crippen molar-refractivity contribution in [2.24, 2.45) is 0 Å². The fourth-order valence-corrected chi connectivity index (χ4v) is 5.30. The number of anilines is 1. The molecule has 0 atom stereocenters. The Bertz CT molecular complexity index is 1340. The first-order valence-electron chi connectivity index (χ1n) is 11.3. The van der Waals surface area contributed by atoms with Crippen LogP contribution >= 0.6 is 0 Å². The van der Waals surface area contributed by atoms with Gasteiger partial charge in [0.2, 0.25) is 15.9 Å². The lowest BCUT2D eigenvalue weighted by molar-refractivity contribution is 0.102. The molecule has 1 aromatic heterocycles. The van der Waals surface area contributed by atoms with E-state index in [1.807, 2.05) is 50.2 Å². The summed E-state index contributed by atoms with van der Waals surface area (Å²) in [6.07, 6.45) is 1.48. The maximum absolute atomic E-state index is 12.9. The second-order valence-corrected chi connectivity index (χ2v) is 9.88. The highest BCUT2D eigenvalue weighted by atomic mass is 32.2. The minimum absolute atomic E-state index is 0.189. The number of nitrogens with one attached hydrogen (secondary N) is 1. The number of nitrogens with zero attached hydrogens (tertiary/aromatic N) is 2. The van der Waals surface area contributed by atoms with Gasteiger partial charge in [0.05, 0.1) is 4.90 Å². The van der Waals surface area contributed by atoms with E-state index in [1.165, 1.54) is 28.6 Å². The monoisotopic (exact) mass is 477 g/mol. The number of benzene rings is 3. The summed E-state index contributed by atoms with van der Waals surface area (Å²) in [5.74, 6) is 0.189. The van der Waals surface area contributed by atoms with E-state index in [0.717, 1.165) is 23.9 Å². The van der Waals surface area contributed by atoms with Gasteiger partial charge in [0.25, 0.3) is 5.91 Å². The molecule has 0 spiro atoms. The number of para-hydroxylation sites is 2. The third-order valence-electron chi connectivity index (χ3n) is 5.38. The predicted octanol–water partition coefficient (Wildman–Crippen LogP) is 5.56. The van der Waals surface area contributed by atoms with Gasteiger partial charge in [-0.3, -0.25) is 4.79 Å². The summed E-state index contributed by atoms with van der Waals surface area (Å²) >= 11 is 0. The number of rotatable bonds is 9. The van der Waals surface area contributed by atoms with E-state index in [2.05, 4.69) is 10.3 Å². The highest BCUT2D eigenvalue weighted by Crippen LogP contribution is 2.25. The molecule has 0 aliphatic carbocycles. The minimum atomic E-state index is -3.58. The van der Waals surface area contributed by atoms with Crippen molar-refractivity contribution in [2.45, 2.75) is 31.6 Å². The molecule has 0 bridgehead atoms. The Morgan fingerprint density at radius 3 is 2.18 bits per heavy atom. The molecule has 0 aliphatic heterocycles. The summed E-state index contributed by atoms with van der Waals surface area (Å²) in [6, 6.07) is 20.8. The molecule has 7 nitrogen and oxygen atoms in total. The first-order chi connectivity index (χ1) is 16.4. The molecule has 4 aromatic rings. The van der Waals surface area contributed by atoms with E-state index in [1.54, 1.807) is 12.1 Å². The zero-order valence-electron chi connectivity index (χ0n) is 19.2. The zero-order chi connectivity index (χ0) is 24.1. The van der Waals surface area contributed by atoms with Crippen LogP contribution < -0.4 is 5.32 Å². The van der Waals surface area contributed by atoms with Crippen molar-refractivity contribution >= 4 is 32.7 Å². The van der Waals surface area contributed by atoms with Gasteiger partial charge >= 0.3 is 0 Å². The third-order valence-corrected chi connectivity index (χ3v) is 7.30. The number of carbonyl (C=O) groups excluding carboxylic acids is 1.